The van der Waals surface area contributed by atoms with Crippen molar-refractivity contribution >= 4 is 21.9 Å². The number of aliphatic hydroxyl groups is 4. The monoisotopic (exact) mass is 489 g/mol. The molecular weight excluding hydrogens is 468 g/mol. The van der Waals surface area contributed by atoms with E-state index in [2.05, 4.69) is 18.3 Å². The first kappa shape index (κ1) is 25.9. The van der Waals surface area contributed by atoms with Crippen LogP contribution in [0.1, 0.15) is 21.6 Å². The second-order valence-corrected chi connectivity index (χ2v) is 9.34. The van der Waals surface area contributed by atoms with Gasteiger partial charge in [-0.25, -0.2) is 9.13 Å². The normalized spacial score (nSPS) is 30.4. The molecule has 2 rings (SSSR count). The topological polar surface area (TPSA) is 243 Å². The van der Waals surface area contributed by atoms with Crippen LogP contribution in [-0.2, 0) is 33.8 Å². The lowest BCUT2D eigenvalue weighted by atomic mass is 10.00. The number of carbonyl (C=O) groups excluding carboxylic acids is 1. The Morgan fingerprint density at radius 3 is 2.39 bits per heavy atom. The SMILES string of the molecule is Cc1ncc(COP(=O)(O)OP(=O)(O)OC2OC(CO)C(O)C(O)C2O)c(C=O)c1O. The molecule has 0 aliphatic carbocycles. The van der Waals surface area contributed by atoms with Gasteiger partial charge in [-0.05, 0) is 6.92 Å². The first-order chi connectivity index (χ1) is 14.3. The van der Waals surface area contributed by atoms with Crippen LogP contribution in [0, 0.1) is 6.92 Å². The third-order valence-electron chi connectivity index (χ3n) is 4.15. The summed E-state index contributed by atoms with van der Waals surface area (Å²) in [6.45, 7) is -0.312. The molecule has 0 radical (unpaired) electrons. The lowest BCUT2D eigenvalue weighted by molar-refractivity contribution is -0.280. The van der Waals surface area contributed by atoms with Crippen molar-refractivity contribution in [2.75, 3.05) is 6.61 Å². The number of hydrogen-bond donors (Lipinski definition) is 7. The maximum atomic E-state index is 12.1. The van der Waals surface area contributed by atoms with Crippen LogP contribution >= 0.6 is 15.6 Å². The third kappa shape index (κ3) is 6.35. The van der Waals surface area contributed by atoms with E-state index >= 15 is 0 Å². The number of nitrogens with zero attached hydrogens (tertiary/aromatic N) is 1. The first-order valence-electron chi connectivity index (χ1n) is 8.45. The number of aromatic hydroxyl groups is 1. The Hall–Kier alpha value is -1.32. The number of carbonyl (C=O) groups is 1. The molecule has 0 aromatic carbocycles. The van der Waals surface area contributed by atoms with Crippen LogP contribution in [0.15, 0.2) is 6.20 Å². The number of aryl methyl sites for hydroxylation is 1. The molecule has 1 saturated heterocycles. The van der Waals surface area contributed by atoms with Gasteiger partial charge in [0.15, 0.2) is 12.6 Å². The lowest BCUT2D eigenvalue weighted by Gasteiger charge is -2.39. The molecule has 7 atom stereocenters. The Morgan fingerprint density at radius 1 is 1.16 bits per heavy atom. The van der Waals surface area contributed by atoms with Gasteiger partial charge in [0.25, 0.3) is 0 Å². The zero-order valence-corrected chi connectivity index (χ0v) is 17.6. The van der Waals surface area contributed by atoms with Gasteiger partial charge >= 0.3 is 15.6 Å². The molecule has 17 heteroatoms. The number of pyridine rings is 1. The van der Waals surface area contributed by atoms with E-state index in [1.54, 1.807) is 0 Å². The van der Waals surface area contributed by atoms with E-state index < -0.39 is 65.3 Å². The molecular formula is C14H21NO14P2. The second kappa shape index (κ2) is 10.1. The molecule has 1 aliphatic rings. The standard InChI is InChI=1S/C14H21NO14P2/c1-6-10(18)8(3-16)7(2-15-6)5-26-30(22,23)29-31(24,25)28-14-13(21)12(20)11(19)9(4-17)27-14/h2-3,9,11-14,17-21H,4-5H2,1H3,(H,22,23)(H,24,25). The summed E-state index contributed by atoms with van der Waals surface area (Å²) in [7, 11) is -10.8. The molecule has 2 heterocycles. The molecule has 1 aliphatic heterocycles. The van der Waals surface area contributed by atoms with Crippen LogP contribution in [0.2, 0.25) is 0 Å². The van der Waals surface area contributed by atoms with Gasteiger partial charge in [0.05, 0.1) is 24.5 Å². The first-order valence-corrected chi connectivity index (χ1v) is 11.4. The molecule has 0 saturated carbocycles. The summed E-state index contributed by atoms with van der Waals surface area (Å²) < 4.78 is 41.9. The molecule has 7 N–H and O–H groups in total. The number of rotatable bonds is 9. The van der Waals surface area contributed by atoms with Gasteiger partial charge in [-0.15, -0.1) is 0 Å². The van der Waals surface area contributed by atoms with E-state index in [9.17, 15) is 44.1 Å². The summed E-state index contributed by atoms with van der Waals surface area (Å²) in [5.41, 5.74) is -0.335. The van der Waals surface area contributed by atoms with Gasteiger partial charge in [-0.2, -0.15) is 4.31 Å². The molecule has 1 aromatic heterocycles. The van der Waals surface area contributed by atoms with Crippen LogP contribution < -0.4 is 0 Å². The molecule has 31 heavy (non-hydrogen) atoms. The maximum Gasteiger partial charge on any atom is 0.483 e. The summed E-state index contributed by atoms with van der Waals surface area (Å²) in [5.74, 6) is -0.497. The number of aliphatic hydroxyl groups excluding tert-OH is 4. The predicted octanol–water partition coefficient (Wildman–Crippen LogP) is -1.54. The summed E-state index contributed by atoms with van der Waals surface area (Å²) in [6, 6.07) is 0. The van der Waals surface area contributed by atoms with Gasteiger partial charge in [0, 0.05) is 11.8 Å². The maximum absolute atomic E-state index is 12.1. The average molecular weight is 489 g/mol. The predicted molar refractivity (Wildman–Crippen MR) is 96.4 cm³/mol. The number of phosphoric acid groups is 2. The highest BCUT2D eigenvalue weighted by Gasteiger charge is 2.48. The largest absolute Gasteiger partial charge is 0.505 e. The van der Waals surface area contributed by atoms with Crippen molar-refractivity contribution in [3.63, 3.8) is 0 Å². The molecule has 0 amide bonds. The quantitative estimate of drug-likeness (QED) is 0.153. The average Bonchev–Trinajstić information content (AvgIpc) is 2.68. The van der Waals surface area contributed by atoms with Gasteiger partial charge < -0.3 is 40.1 Å². The molecule has 1 fully saturated rings. The fourth-order valence-electron chi connectivity index (χ4n) is 2.51. The Bertz CT molecular complexity index is 894. The van der Waals surface area contributed by atoms with Crippen molar-refractivity contribution in [1.29, 1.82) is 0 Å². The van der Waals surface area contributed by atoms with E-state index in [4.69, 9.17) is 9.84 Å². The summed E-state index contributed by atoms with van der Waals surface area (Å²) in [4.78, 5) is 34.2. The number of phosphoric ester groups is 2. The number of aromatic nitrogens is 1. The van der Waals surface area contributed by atoms with Crippen molar-refractivity contribution in [3.05, 3.63) is 23.0 Å². The summed E-state index contributed by atoms with van der Waals surface area (Å²) in [5, 5.41) is 47.9. The van der Waals surface area contributed by atoms with Crippen molar-refractivity contribution in [2.45, 2.75) is 44.2 Å². The molecule has 7 unspecified atom stereocenters. The Kier molecular flexibility index (Phi) is 8.44. The van der Waals surface area contributed by atoms with E-state index in [0.29, 0.717) is 0 Å². The summed E-state index contributed by atoms with van der Waals surface area (Å²) in [6.07, 6.45) is -8.13. The molecule has 15 nitrogen and oxygen atoms in total. The number of aldehydes is 1. The second-order valence-electron chi connectivity index (χ2n) is 6.34. The Morgan fingerprint density at radius 2 is 1.81 bits per heavy atom. The molecule has 176 valence electrons. The van der Waals surface area contributed by atoms with Crippen LogP contribution in [0.4, 0.5) is 0 Å². The van der Waals surface area contributed by atoms with Gasteiger partial charge in [0.2, 0.25) is 0 Å². The van der Waals surface area contributed by atoms with E-state index in [1.165, 1.54) is 6.92 Å². The lowest BCUT2D eigenvalue weighted by Crippen LogP contribution is -2.58. The highest BCUT2D eigenvalue weighted by Crippen LogP contribution is 2.61. The highest BCUT2D eigenvalue weighted by atomic mass is 31.3. The fraction of sp³-hybridized carbons (Fsp3) is 0.571. The Balaban J connectivity index is 2.06. The third-order valence-corrected chi connectivity index (χ3v) is 6.73. The number of hydrogen-bond acceptors (Lipinski definition) is 13. The summed E-state index contributed by atoms with van der Waals surface area (Å²) >= 11 is 0. The molecule has 1 aromatic rings. The van der Waals surface area contributed by atoms with E-state index in [0.717, 1.165) is 6.20 Å². The van der Waals surface area contributed by atoms with Crippen molar-refractivity contribution in [1.82, 2.24) is 4.98 Å². The zero-order chi connectivity index (χ0) is 23.6. The fourth-order valence-corrected chi connectivity index (χ4v) is 4.63. The minimum Gasteiger partial charge on any atom is -0.505 e. The van der Waals surface area contributed by atoms with Crippen LogP contribution in [-0.4, -0.2) is 83.9 Å². The zero-order valence-electron chi connectivity index (χ0n) is 15.8. The smallest absolute Gasteiger partial charge is 0.483 e. The van der Waals surface area contributed by atoms with E-state index in [-0.39, 0.29) is 23.1 Å². The van der Waals surface area contributed by atoms with Crippen LogP contribution in [0.5, 0.6) is 5.75 Å². The van der Waals surface area contributed by atoms with Crippen molar-refractivity contribution in [3.8, 4) is 5.75 Å². The molecule has 0 bridgehead atoms. The van der Waals surface area contributed by atoms with Gasteiger partial charge in [-0.3, -0.25) is 18.8 Å². The highest BCUT2D eigenvalue weighted by molar-refractivity contribution is 7.61. The van der Waals surface area contributed by atoms with Gasteiger partial charge in [0.1, 0.15) is 30.2 Å². The minimum atomic E-state index is -5.49. The van der Waals surface area contributed by atoms with Crippen molar-refractivity contribution < 1.29 is 67.3 Å². The van der Waals surface area contributed by atoms with Gasteiger partial charge in [-0.1, -0.05) is 0 Å². The molecule has 0 spiro atoms. The Labute approximate surface area is 174 Å². The van der Waals surface area contributed by atoms with E-state index in [1.807, 2.05) is 0 Å². The minimum absolute atomic E-state index is 0.0991. The van der Waals surface area contributed by atoms with Crippen LogP contribution in [0.25, 0.3) is 0 Å². The van der Waals surface area contributed by atoms with Crippen molar-refractivity contribution in [2.24, 2.45) is 0 Å². The number of ether oxygens (including phenoxy) is 1. The van der Waals surface area contributed by atoms with Crippen LogP contribution in [0.3, 0.4) is 0 Å².